The Hall–Kier alpha value is -2.96. The smallest absolute Gasteiger partial charge is 0.231 e. The third kappa shape index (κ3) is 3.60. The molecule has 3 aromatic rings. The SMILES string of the molecule is Cc1nn(C)c(C)c1CCC(=O)Nc1cc(-c2ccccc2F)no1. The summed E-state index contributed by atoms with van der Waals surface area (Å²) in [6.07, 6.45) is 0.884. The van der Waals surface area contributed by atoms with Crippen LogP contribution in [0.1, 0.15) is 23.4 Å². The van der Waals surface area contributed by atoms with Gasteiger partial charge in [0.05, 0.1) is 5.69 Å². The van der Waals surface area contributed by atoms with Gasteiger partial charge in [-0.15, -0.1) is 0 Å². The fourth-order valence-corrected chi connectivity index (χ4v) is 2.75. The van der Waals surface area contributed by atoms with Gasteiger partial charge >= 0.3 is 0 Å². The van der Waals surface area contributed by atoms with E-state index in [2.05, 4.69) is 15.6 Å². The highest BCUT2D eigenvalue weighted by Crippen LogP contribution is 2.24. The van der Waals surface area contributed by atoms with Crippen molar-refractivity contribution in [2.24, 2.45) is 7.05 Å². The van der Waals surface area contributed by atoms with Gasteiger partial charge in [0, 0.05) is 30.8 Å². The first-order valence-corrected chi connectivity index (χ1v) is 7.96. The minimum Gasteiger partial charge on any atom is -0.338 e. The van der Waals surface area contributed by atoms with Crippen molar-refractivity contribution < 1.29 is 13.7 Å². The number of aryl methyl sites for hydroxylation is 2. The molecule has 0 aliphatic heterocycles. The lowest BCUT2D eigenvalue weighted by molar-refractivity contribution is -0.116. The lowest BCUT2D eigenvalue weighted by atomic mass is 10.1. The number of hydrogen-bond donors (Lipinski definition) is 1. The molecule has 0 unspecified atom stereocenters. The van der Waals surface area contributed by atoms with E-state index >= 15 is 0 Å². The lowest BCUT2D eigenvalue weighted by Gasteiger charge is -2.02. The number of hydrogen-bond acceptors (Lipinski definition) is 4. The summed E-state index contributed by atoms with van der Waals surface area (Å²) in [7, 11) is 1.88. The highest BCUT2D eigenvalue weighted by molar-refractivity contribution is 5.90. The Morgan fingerprint density at radius 3 is 2.76 bits per heavy atom. The van der Waals surface area contributed by atoms with E-state index in [0.717, 1.165) is 17.0 Å². The predicted octanol–water partition coefficient (Wildman–Crippen LogP) is 3.40. The molecular formula is C18H19FN4O2. The predicted molar refractivity (Wildman–Crippen MR) is 91.5 cm³/mol. The number of benzene rings is 1. The molecule has 2 aromatic heterocycles. The van der Waals surface area contributed by atoms with Gasteiger partial charge in [-0.2, -0.15) is 5.10 Å². The van der Waals surface area contributed by atoms with Crippen molar-refractivity contribution in [3.05, 3.63) is 53.1 Å². The Morgan fingerprint density at radius 2 is 2.08 bits per heavy atom. The monoisotopic (exact) mass is 342 g/mol. The van der Waals surface area contributed by atoms with Gasteiger partial charge in [-0.3, -0.25) is 14.8 Å². The maximum absolute atomic E-state index is 13.8. The fourth-order valence-electron chi connectivity index (χ4n) is 2.75. The maximum Gasteiger partial charge on any atom is 0.231 e. The van der Waals surface area contributed by atoms with Gasteiger partial charge in [0.25, 0.3) is 0 Å². The van der Waals surface area contributed by atoms with Gasteiger partial charge in [-0.1, -0.05) is 17.3 Å². The van der Waals surface area contributed by atoms with Crippen LogP contribution in [0.2, 0.25) is 0 Å². The van der Waals surface area contributed by atoms with Crippen molar-refractivity contribution in [3.8, 4) is 11.3 Å². The van der Waals surface area contributed by atoms with Crippen LogP contribution < -0.4 is 5.32 Å². The first kappa shape index (κ1) is 16.9. The van der Waals surface area contributed by atoms with Crippen molar-refractivity contribution in [2.45, 2.75) is 26.7 Å². The third-order valence-electron chi connectivity index (χ3n) is 4.18. The zero-order chi connectivity index (χ0) is 18.0. The van der Waals surface area contributed by atoms with Gasteiger partial charge in [-0.05, 0) is 38.0 Å². The summed E-state index contributed by atoms with van der Waals surface area (Å²) >= 11 is 0. The van der Waals surface area contributed by atoms with Crippen LogP contribution in [0.4, 0.5) is 10.3 Å². The Morgan fingerprint density at radius 1 is 1.32 bits per heavy atom. The van der Waals surface area contributed by atoms with E-state index < -0.39 is 5.82 Å². The topological polar surface area (TPSA) is 73.0 Å². The maximum atomic E-state index is 13.8. The van der Waals surface area contributed by atoms with Crippen LogP contribution in [0.25, 0.3) is 11.3 Å². The van der Waals surface area contributed by atoms with Crippen molar-refractivity contribution in [3.63, 3.8) is 0 Å². The lowest BCUT2D eigenvalue weighted by Crippen LogP contribution is -2.12. The fraction of sp³-hybridized carbons (Fsp3) is 0.278. The van der Waals surface area contributed by atoms with Gasteiger partial charge in [-0.25, -0.2) is 4.39 Å². The summed E-state index contributed by atoms with van der Waals surface area (Å²) in [5.74, 6) is -0.391. The highest BCUT2D eigenvalue weighted by Gasteiger charge is 2.14. The normalized spacial score (nSPS) is 10.9. The summed E-state index contributed by atoms with van der Waals surface area (Å²) in [4.78, 5) is 12.1. The van der Waals surface area contributed by atoms with Crippen LogP contribution in [-0.4, -0.2) is 20.8 Å². The average molecular weight is 342 g/mol. The molecule has 0 fully saturated rings. The summed E-state index contributed by atoms with van der Waals surface area (Å²) in [6.45, 7) is 3.90. The van der Waals surface area contributed by atoms with Gasteiger partial charge in [0.2, 0.25) is 11.8 Å². The number of nitrogens with one attached hydrogen (secondary N) is 1. The van der Waals surface area contributed by atoms with Crippen LogP contribution in [0.3, 0.4) is 0 Å². The number of amides is 1. The average Bonchev–Trinajstić information content (AvgIpc) is 3.12. The number of rotatable bonds is 5. The molecule has 0 bridgehead atoms. The van der Waals surface area contributed by atoms with Crippen molar-refractivity contribution in [2.75, 3.05) is 5.32 Å². The van der Waals surface area contributed by atoms with Crippen LogP contribution in [-0.2, 0) is 18.3 Å². The summed E-state index contributed by atoms with van der Waals surface area (Å²) < 4.78 is 20.6. The second-order valence-electron chi connectivity index (χ2n) is 5.88. The van der Waals surface area contributed by atoms with E-state index in [1.165, 1.54) is 12.1 Å². The largest absolute Gasteiger partial charge is 0.338 e. The van der Waals surface area contributed by atoms with Crippen LogP contribution in [0.15, 0.2) is 34.9 Å². The van der Waals surface area contributed by atoms with E-state index in [0.29, 0.717) is 24.1 Å². The van der Waals surface area contributed by atoms with Gasteiger partial charge < -0.3 is 4.52 Å². The number of nitrogens with zero attached hydrogens (tertiary/aromatic N) is 3. The molecule has 1 N–H and O–H groups in total. The molecule has 3 rings (SSSR count). The third-order valence-corrected chi connectivity index (χ3v) is 4.18. The minimum atomic E-state index is -0.392. The number of carbonyl (C=O) groups is 1. The van der Waals surface area contributed by atoms with Crippen molar-refractivity contribution in [1.29, 1.82) is 0 Å². The molecule has 7 heteroatoms. The van der Waals surface area contributed by atoms with E-state index in [9.17, 15) is 9.18 Å². The summed E-state index contributed by atoms with van der Waals surface area (Å²) in [5.41, 5.74) is 3.71. The Balaban J connectivity index is 1.63. The summed E-state index contributed by atoms with van der Waals surface area (Å²) in [6, 6.07) is 7.78. The van der Waals surface area contributed by atoms with Gasteiger partial charge in [0.15, 0.2) is 0 Å². The zero-order valence-corrected chi connectivity index (χ0v) is 14.3. The quantitative estimate of drug-likeness (QED) is 0.771. The summed E-state index contributed by atoms with van der Waals surface area (Å²) in [5, 5.41) is 10.8. The molecule has 0 saturated heterocycles. The Labute approximate surface area is 144 Å². The molecule has 1 amide bonds. The molecule has 2 heterocycles. The molecule has 1 aromatic carbocycles. The van der Waals surface area contributed by atoms with E-state index in [1.54, 1.807) is 22.9 Å². The molecule has 130 valence electrons. The van der Waals surface area contributed by atoms with E-state index in [4.69, 9.17) is 4.52 Å². The van der Waals surface area contributed by atoms with Crippen molar-refractivity contribution >= 4 is 11.8 Å². The van der Waals surface area contributed by atoms with Crippen LogP contribution in [0.5, 0.6) is 0 Å². The molecule has 25 heavy (non-hydrogen) atoms. The number of aromatic nitrogens is 3. The van der Waals surface area contributed by atoms with E-state index in [1.807, 2.05) is 20.9 Å². The molecule has 0 aliphatic carbocycles. The molecular weight excluding hydrogens is 323 g/mol. The number of halogens is 1. The minimum absolute atomic E-state index is 0.195. The second-order valence-corrected chi connectivity index (χ2v) is 5.88. The Kier molecular flexibility index (Phi) is 4.65. The zero-order valence-electron chi connectivity index (χ0n) is 14.3. The second kappa shape index (κ2) is 6.88. The van der Waals surface area contributed by atoms with Crippen LogP contribution in [0, 0.1) is 19.7 Å². The number of anilines is 1. The number of carbonyl (C=O) groups excluding carboxylic acids is 1. The van der Waals surface area contributed by atoms with E-state index in [-0.39, 0.29) is 11.8 Å². The highest BCUT2D eigenvalue weighted by atomic mass is 19.1. The van der Waals surface area contributed by atoms with Gasteiger partial charge in [0.1, 0.15) is 11.5 Å². The standard InChI is InChI=1S/C18H19FN4O2/c1-11-13(12(2)23(3)21-11)8-9-17(24)20-18-10-16(22-25-18)14-6-4-5-7-15(14)19/h4-7,10H,8-9H2,1-3H3,(H,20,24). The van der Waals surface area contributed by atoms with Crippen molar-refractivity contribution in [1.82, 2.24) is 14.9 Å². The Bertz CT molecular complexity index is 914. The molecule has 0 saturated carbocycles. The molecule has 0 radical (unpaired) electrons. The molecule has 0 atom stereocenters. The first-order chi connectivity index (χ1) is 12.0. The van der Waals surface area contributed by atoms with Crippen LogP contribution >= 0.6 is 0 Å². The molecule has 6 nitrogen and oxygen atoms in total. The first-order valence-electron chi connectivity index (χ1n) is 7.96. The molecule has 0 aliphatic rings. The molecule has 0 spiro atoms.